The summed E-state index contributed by atoms with van der Waals surface area (Å²) in [4.78, 5) is 26.9. The van der Waals surface area contributed by atoms with E-state index in [0.29, 0.717) is 40.2 Å². The number of likely N-dealkylation sites (N-methyl/N-ethyl adjacent to an activating group) is 1. The van der Waals surface area contributed by atoms with Crippen molar-refractivity contribution >= 4 is 40.8 Å². The summed E-state index contributed by atoms with van der Waals surface area (Å²) in [6.07, 6.45) is 3.33. The third-order valence-corrected chi connectivity index (χ3v) is 6.00. The molecule has 0 aliphatic carbocycles. The van der Waals surface area contributed by atoms with Crippen molar-refractivity contribution in [1.82, 2.24) is 14.7 Å². The van der Waals surface area contributed by atoms with Crippen molar-refractivity contribution in [3.05, 3.63) is 64.6 Å². The molecule has 2 aromatic carbocycles. The van der Waals surface area contributed by atoms with Gasteiger partial charge in [-0.3, -0.25) is 9.59 Å². The molecular weight excluding hydrogens is 459 g/mol. The minimum Gasteiger partial charge on any atom is -0.334 e. The fraction of sp³-hybridized carbons (Fsp3) is 0.320. The predicted molar refractivity (Wildman–Crippen MR) is 134 cm³/mol. The Morgan fingerprint density at radius 3 is 2.42 bits per heavy atom. The summed E-state index contributed by atoms with van der Waals surface area (Å²) in [5.74, 6) is 0.178. The molecule has 174 valence electrons. The molecule has 1 aromatic heterocycles. The minimum atomic E-state index is -0.290. The smallest absolute Gasteiger partial charge is 0.245 e. The van der Waals surface area contributed by atoms with Crippen LogP contribution in [0.25, 0.3) is 16.9 Å². The number of rotatable bonds is 10. The lowest BCUT2D eigenvalue weighted by Gasteiger charge is -2.20. The van der Waals surface area contributed by atoms with E-state index in [0.717, 1.165) is 24.8 Å². The lowest BCUT2D eigenvalue weighted by atomic mass is 10.1. The van der Waals surface area contributed by atoms with Gasteiger partial charge in [-0.2, -0.15) is 5.10 Å². The fourth-order valence-corrected chi connectivity index (χ4v) is 3.74. The van der Waals surface area contributed by atoms with E-state index in [2.05, 4.69) is 17.3 Å². The molecule has 0 atom stereocenters. The second kappa shape index (κ2) is 11.9. The quantitative estimate of drug-likeness (QED) is 0.346. The van der Waals surface area contributed by atoms with Gasteiger partial charge in [-0.05, 0) is 31.5 Å². The predicted octanol–water partition coefficient (Wildman–Crippen LogP) is 6.21. The van der Waals surface area contributed by atoms with Gasteiger partial charge in [-0.1, -0.05) is 73.3 Å². The summed E-state index contributed by atoms with van der Waals surface area (Å²) in [7, 11) is 0. The maximum atomic E-state index is 12.9. The highest BCUT2D eigenvalue weighted by molar-refractivity contribution is 6.42. The van der Waals surface area contributed by atoms with Crippen molar-refractivity contribution in [1.29, 1.82) is 0 Å². The van der Waals surface area contributed by atoms with Crippen LogP contribution in [0.15, 0.2) is 54.6 Å². The molecule has 3 rings (SSSR count). The van der Waals surface area contributed by atoms with Crippen molar-refractivity contribution in [3.8, 4) is 16.9 Å². The van der Waals surface area contributed by atoms with Crippen molar-refractivity contribution < 1.29 is 9.59 Å². The van der Waals surface area contributed by atoms with E-state index in [9.17, 15) is 9.59 Å². The molecule has 0 fully saturated rings. The van der Waals surface area contributed by atoms with Crippen molar-refractivity contribution in [2.75, 3.05) is 18.4 Å². The zero-order valence-electron chi connectivity index (χ0n) is 18.9. The maximum Gasteiger partial charge on any atom is 0.245 e. The third kappa shape index (κ3) is 6.59. The lowest BCUT2D eigenvalue weighted by molar-refractivity contribution is -0.134. The Kier molecular flexibility index (Phi) is 8.92. The first-order valence-electron chi connectivity index (χ1n) is 11.1. The van der Waals surface area contributed by atoms with Crippen molar-refractivity contribution in [2.45, 2.75) is 39.5 Å². The Morgan fingerprint density at radius 1 is 1.00 bits per heavy atom. The van der Waals surface area contributed by atoms with E-state index < -0.39 is 0 Å². The Bertz CT molecular complexity index is 1100. The maximum absolute atomic E-state index is 12.9. The van der Waals surface area contributed by atoms with E-state index in [1.54, 1.807) is 33.8 Å². The van der Waals surface area contributed by atoms with Crippen LogP contribution in [-0.4, -0.2) is 39.6 Å². The average molecular weight is 487 g/mol. The van der Waals surface area contributed by atoms with Crippen LogP contribution in [0.3, 0.4) is 0 Å². The molecule has 0 saturated carbocycles. The number of amides is 2. The van der Waals surface area contributed by atoms with Gasteiger partial charge in [0.25, 0.3) is 0 Å². The van der Waals surface area contributed by atoms with E-state index in [-0.39, 0.29) is 18.4 Å². The number of carbonyl (C=O) groups is 2. The van der Waals surface area contributed by atoms with Gasteiger partial charge in [0.05, 0.1) is 28.0 Å². The van der Waals surface area contributed by atoms with Crippen LogP contribution in [0.4, 0.5) is 5.82 Å². The summed E-state index contributed by atoms with van der Waals surface area (Å²) < 4.78 is 1.61. The molecule has 33 heavy (non-hydrogen) atoms. The van der Waals surface area contributed by atoms with Crippen LogP contribution in [0, 0.1) is 0 Å². The number of carbonyl (C=O) groups excluding carboxylic acids is 2. The van der Waals surface area contributed by atoms with Crippen LogP contribution in [0.5, 0.6) is 0 Å². The van der Waals surface area contributed by atoms with Crippen LogP contribution in [0.1, 0.15) is 39.5 Å². The number of unbranched alkanes of at least 4 members (excludes halogenated alkanes) is 2. The highest BCUT2D eigenvalue weighted by Crippen LogP contribution is 2.29. The van der Waals surface area contributed by atoms with Crippen molar-refractivity contribution in [3.63, 3.8) is 0 Å². The van der Waals surface area contributed by atoms with E-state index in [1.165, 1.54) is 0 Å². The summed E-state index contributed by atoms with van der Waals surface area (Å²) in [6, 6.07) is 16.6. The Hall–Kier alpha value is -2.83. The molecule has 0 aliphatic rings. The average Bonchev–Trinajstić information content (AvgIpc) is 3.23. The molecule has 0 radical (unpaired) electrons. The van der Waals surface area contributed by atoms with Gasteiger partial charge in [-0.15, -0.1) is 0 Å². The molecule has 3 aromatic rings. The van der Waals surface area contributed by atoms with Crippen LogP contribution in [-0.2, 0) is 9.59 Å². The Balaban J connectivity index is 1.84. The topological polar surface area (TPSA) is 67.2 Å². The second-order valence-electron chi connectivity index (χ2n) is 7.70. The van der Waals surface area contributed by atoms with Gasteiger partial charge in [0.15, 0.2) is 0 Å². The van der Waals surface area contributed by atoms with Gasteiger partial charge in [0, 0.05) is 24.6 Å². The first kappa shape index (κ1) is 24.8. The molecule has 1 heterocycles. The lowest BCUT2D eigenvalue weighted by Crippen LogP contribution is -2.38. The number of anilines is 1. The molecule has 0 saturated heterocycles. The minimum absolute atomic E-state index is 0.0101. The zero-order valence-corrected chi connectivity index (χ0v) is 20.4. The zero-order chi connectivity index (χ0) is 23.8. The van der Waals surface area contributed by atoms with Gasteiger partial charge >= 0.3 is 0 Å². The monoisotopic (exact) mass is 486 g/mol. The number of benzene rings is 2. The molecule has 0 spiro atoms. The number of aromatic nitrogens is 2. The summed E-state index contributed by atoms with van der Waals surface area (Å²) >= 11 is 12.3. The molecule has 0 unspecified atom stereocenters. The standard InChI is InChI=1S/C25H28Cl2N4O2/c1-3-5-7-12-25(33)30(4-2)17-24(32)28-23-16-22(18-10-8-6-9-11-18)29-31(23)19-13-14-20(26)21(27)15-19/h6,8-11,13-16H,3-5,7,12,17H2,1-2H3,(H,28,32). The number of halogens is 2. The fourth-order valence-electron chi connectivity index (χ4n) is 3.45. The Morgan fingerprint density at radius 2 is 1.76 bits per heavy atom. The van der Waals surface area contributed by atoms with Gasteiger partial charge < -0.3 is 10.2 Å². The number of nitrogens with zero attached hydrogens (tertiary/aromatic N) is 3. The van der Waals surface area contributed by atoms with E-state index in [4.69, 9.17) is 23.2 Å². The highest BCUT2D eigenvalue weighted by Gasteiger charge is 2.18. The largest absolute Gasteiger partial charge is 0.334 e. The molecular formula is C25H28Cl2N4O2. The van der Waals surface area contributed by atoms with Gasteiger partial charge in [0.2, 0.25) is 11.8 Å². The summed E-state index contributed by atoms with van der Waals surface area (Å²) in [5, 5.41) is 8.41. The summed E-state index contributed by atoms with van der Waals surface area (Å²) in [5.41, 5.74) is 2.26. The third-order valence-electron chi connectivity index (χ3n) is 5.26. The number of hydrogen-bond donors (Lipinski definition) is 1. The van der Waals surface area contributed by atoms with Crippen LogP contribution < -0.4 is 5.32 Å². The van der Waals surface area contributed by atoms with Crippen LogP contribution >= 0.6 is 23.2 Å². The molecule has 6 nitrogen and oxygen atoms in total. The van der Waals surface area contributed by atoms with Gasteiger partial charge in [-0.25, -0.2) is 4.68 Å². The van der Waals surface area contributed by atoms with Gasteiger partial charge in [0.1, 0.15) is 5.82 Å². The normalized spacial score (nSPS) is 10.8. The second-order valence-corrected chi connectivity index (χ2v) is 8.52. The first-order valence-corrected chi connectivity index (χ1v) is 11.9. The van der Waals surface area contributed by atoms with Crippen LogP contribution in [0.2, 0.25) is 10.0 Å². The molecule has 8 heteroatoms. The van der Waals surface area contributed by atoms with E-state index in [1.807, 2.05) is 37.3 Å². The van der Waals surface area contributed by atoms with Crippen molar-refractivity contribution in [2.24, 2.45) is 0 Å². The molecule has 1 N–H and O–H groups in total. The number of nitrogens with one attached hydrogen (secondary N) is 1. The molecule has 0 aliphatic heterocycles. The first-order chi connectivity index (χ1) is 15.9. The molecule has 2 amide bonds. The number of hydrogen-bond acceptors (Lipinski definition) is 3. The summed E-state index contributed by atoms with van der Waals surface area (Å²) in [6.45, 7) is 4.42. The Labute approximate surface area is 204 Å². The highest BCUT2D eigenvalue weighted by atomic mass is 35.5. The molecule has 0 bridgehead atoms. The SMILES string of the molecule is CCCCCC(=O)N(CC)CC(=O)Nc1cc(-c2ccccc2)nn1-c1ccc(Cl)c(Cl)c1. The van der Waals surface area contributed by atoms with E-state index >= 15 is 0 Å².